The van der Waals surface area contributed by atoms with Gasteiger partial charge in [0.15, 0.2) is 0 Å². The average Bonchev–Trinajstić information content (AvgIpc) is 2.54. The summed E-state index contributed by atoms with van der Waals surface area (Å²) in [4.78, 5) is 0. The second-order valence-corrected chi connectivity index (χ2v) is 6.02. The van der Waals surface area contributed by atoms with Gasteiger partial charge in [0, 0.05) is 16.1 Å². The molecule has 0 atom stereocenters. The lowest BCUT2D eigenvalue weighted by atomic mass is 9.79. The first-order chi connectivity index (χ1) is 9.75. The molecular formula is C17H18Br2O. The minimum Gasteiger partial charge on any atom is -0.496 e. The SMILES string of the molecule is COc1ccccc1CC(CBr)(CBr)c1ccccc1. The van der Waals surface area contributed by atoms with Gasteiger partial charge in [-0.2, -0.15) is 0 Å². The van der Waals surface area contributed by atoms with Crippen molar-refractivity contribution in [2.24, 2.45) is 0 Å². The number of ether oxygens (including phenoxy) is 1. The van der Waals surface area contributed by atoms with Crippen molar-refractivity contribution in [3.8, 4) is 5.75 Å². The minimum absolute atomic E-state index is 0.0237. The summed E-state index contributed by atoms with van der Waals surface area (Å²) >= 11 is 7.41. The monoisotopic (exact) mass is 396 g/mol. The number of rotatable bonds is 6. The third-order valence-electron chi connectivity index (χ3n) is 3.62. The van der Waals surface area contributed by atoms with Crippen LogP contribution in [0.3, 0.4) is 0 Å². The van der Waals surface area contributed by atoms with Crippen molar-refractivity contribution in [1.29, 1.82) is 0 Å². The molecule has 0 saturated carbocycles. The zero-order valence-corrected chi connectivity index (χ0v) is 14.7. The van der Waals surface area contributed by atoms with E-state index in [2.05, 4.69) is 74.3 Å². The molecule has 20 heavy (non-hydrogen) atoms. The van der Waals surface area contributed by atoms with Gasteiger partial charge in [-0.25, -0.2) is 0 Å². The number of alkyl halides is 2. The van der Waals surface area contributed by atoms with E-state index in [0.717, 1.165) is 22.8 Å². The van der Waals surface area contributed by atoms with Crippen LogP contribution in [0.15, 0.2) is 54.6 Å². The third-order valence-corrected chi connectivity index (χ3v) is 5.77. The Morgan fingerprint density at radius 2 is 1.50 bits per heavy atom. The van der Waals surface area contributed by atoms with Gasteiger partial charge in [0.2, 0.25) is 0 Å². The van der Waals surface area contributed by atoms with E-state index in [-0.39, 0.29) is 5.41 Å². The summed E-state index contributed by atoms with van der Waals surface area (Å²) in [7, 11) is 1.73. The lowest BCUT2D eigenvalue weighted by Crippen LogP contribution is -2.33. The van der Waals surface area contributed by atoms with Crippen LogP contribution >= 0.6 is 31.9 Å². The van der Waals surface area contributed by atoms with Gasteiger partial charge in [-0.05, 0) is 23.6 Å². The number of hydrogen-bond acceptors (Lipinski definition) is 1. The fourth-order valence-electron chi connectivity index (χ4n) is 2.39. The summed E-state index contributed by atoms with van der Waals surface area (Å²) in [5, 5.41) is 1.79. The highest BCUT2D eigenvalue weighted by Crippen LogP contribution is 2.35. The van der Waals surface area contributed by atoms with Gasteiger partial charge < -0.3 is 4.74 Å². The molecule has 0 aliphatic heterocycles. The molecule has 0 unspecified atom stereocenters. The highest BCUT2D eigenvalue weighted by molar-refractivity contribution is 9.09. The molecule has 2 aromatic carbocycles. The first-order valence-corrected chi connectivity index (χ1v) is 8.79. The maximum absolute atomic E-state index is 5.49. The highest BCUT2D eigenvalue weighted by Gasteiger charge is 2.31. The molecule has 0 radical (unpaired) electrons. The number of methoxy groups -OCH3 is 1. The van der Waals surface area contributed by atoms with E-state index in [1.807, 2.05) is 12.1 Å². The Morgan fingerprint density at radius 3 is 2.10 bits per heavy atom. The molecule has 0 heterocycles. The Hall–Kier alpha value is -0.800. The molecule has 0 aromatic heterocycles. The normalized spacial score (nSPS) is 11.3. The molecule has 2 rings (SSSR count). The lowest BCUT2D eigenvalue weighted by Gasteiger charge is -2.31. The molecule has 0 bridgehead atoms. The molecule has 2 aromatic rings. The van der Waals surface area contributed by atoms with Gasteiger partial charge in [0.1, 0.15) is 5.75 Å². The summed E-state index contributed by atoms with van der Waals surface area (Å²) in [6, 6.07) is 18.9. The van der Waals surface area contributed by atoms with Crippen LogP contribution in [-0.2, 0) is 11.8 Å². The molecule has 0 N–H and O–H groups in total. The van der Waals surface area contributed by atoms with Crippen molar-refractivity contribution in [3.63, 3.8) is 0 Å². The Labute approximate surface area is 137 Å². The van der Waals surface area contributed by atoms with Gasteiger partial charge in [-0.3, -0.25) is 0 Å². The van der Waals surface area contributed by atoms with E-state index in [0.29, 0.717) is 0 Å². The molecule has 106 valence electrons. The summed E-state index contributed by atoms with van der Waals surface area (Å²) in [6.07, 6.45) is 0.928. The van der Waals surface area contributed by atoms with Crippen LogP contribution in [0.1, 0.15) is 11.1 Å². The second-order valence-electron chi connectivity index (χ2n) is 4.90. The summed E-state index contributed by atoms with van der Waals surface area (Å²) in [5.74, 6) is 0.953. The summed E-state index contributed by atoms with van der Waals surface area (Å²) in [5.41, 5.74) is 2.59. The van der Waals surface area contributed by atoms with Crippen LogP contribution in [0.4, 0.5) is 0 Å². The zero-order valence-electron chi connectivity index (χ0n) is 11.5. The molecule has 0 aliphatic rings. The van der Waals surface area contributed by atoms with E-state index < -0.39 is 0 Å². The van der Waals surface area contributed by atoms with Crippen LogP contribution in [0.5, 0.6) is 5.75 Å². The molecular weight excluding hydrogens is 380 g/mol. The van der Waals surface area contributed by atoms with Crippen LogP contribution < -0.4 is 4.74 Å². The quantitative estimate of drug-likeness (QED) is 0.625. The largest absolute Gasteiger partial charge is 0.496 e. The average molecular weight is 398 g/mol. The van der Waals surface area contributed by atoms with Gasteiger partial charge in [-0.1, -0.05) is 80.4 Å². The molecule has 3 heteroatoms. The fraction of sp³-hybridized carbons (Fsp3) is 0.294. The number of benzene rings is 2. The van der Waals surface area contributed by atoms with Gasteiger partial charge in [0.25, 0.3) is 0 Å². The smallest absolute Gasteiger partial charge is 0.122 e. The molecule has 0 spiro atoms. The molecule has 0 saturated heterocycles. The molecule has 0 aliphatic carbocycles. The van der Waals surface area contributed by atoms with Gasteiger partial charge in [0.05, 0.1) is 7.11 Å². The predicted octanol–water partition coefficient (Wildman–Crippen LogP) is 4.97. The van der Waals surface area contributed by atoms with Crippen molar-refractivity contribution >= 4 is 31.9 Å². The Kier molecular flexibility index (Phi) is 5.67. The van der Waals surface area contributed by atoms with Crippen molar-refractivity contribution in [2.75, 3.05) is 17.8 Å². The molecule has 0 amide bonds. The first kappa shape index (κ1) is 15.6. The first-order valence-electron chi connectivity index (χ1n) is 6.55. The standard InChI is InChI=1S/C17H18Br2O/c1-20-16-10-6-5-7-14(16)11-17(12-18,13-19)15-8-3-2-4-9-15/h2-10H,11-13H2,1H3. The van der Waals surface area contributed by atoms with Crippen molar-refractivity contribution in [3.05, 3.63) is 65.7 Å². The van der Waals surface area contributed by atoms with Crippen LogP contribution in [0, 0.1) is 0 Å². The molecule has 0 fully saturated rings. The Bertz CT molecular complexity index is 536. The maximum Gasteiger partial charge on any atom is 0.122 e. The number of halogens is 2. The fourth-order valence-corrected chi connectivity index (χ4v) is 4.36. The topological polar surface area (TPSA) is 9.23 Å². The predicted molar refractivity (Wildman–Crippen MR) is 92.4 cm³/mol. The highest BCUT2D eigenvalue weighted by atomic mass is 79.9. The van der Waals surface area contributed by atoms with Crippen LogP contribution in [0.2, 0.25) is 0 Å². The van der Waals surface area contributed by atoms with E-state index in [1.165, 1.54) is 11.1 Å². The maximum atomic E-state index is 5.49. The van der Waals surface area contributed by atoms with E-state index in [4.69, 9.17) is 4.74 Å². The van der Waals surface area contributed by atoms with E-state index in [9.17, 15) is 0 Å². The summed E-state index contributed by atoms with van der Waals surface area (Å²) in [6.45, 7) is 0. The van der Waals surface area contributed by atoms with Crippen molar-refractivity contribution in [2.45, 2.75) is 11.8 Å². The third kappa shape index (κ3) is 3.26. The minimum atomic E-state index is 0.0237. The zero-order chi connectivity index (χ0) is 14.4. The summed E-state index contributed by atoms with van der Waals surface area (Å²) < 4.78 is 5.49. The van der Waals surface area contributed by atoms with Gasteiger partial charge in [-0.15, -0.1) is 0 Å². The van der Waals surface area contributed by atoms with Gasteiger partial charge >= 0.3 is 0 Å². The Balaban J connectivity index is 2.39. The van der Waals surface area contributed by atoms with Crippen molar-refractivity contribution in [1.82, 2.24) is 0 Å². The van der Waals surface area contributed by atoms with Crippen LogP contribution in [0.25, 0.3) is 0 Å². The lowest BCUT2D eigenvalue weighted by molar-refractivity contribution is 0.404. The molecule has 1 nitrogen and oxygen atoms in total. The Morgan fingerprint density at radius 1 is 0.900 bits per heavy atom. The van der Waals surface area contributed by atoms with E-state index >= 15 is 0 Å². The number of para-hydroxylation sites is 1. The second kappa shape index (κ2) is 7.28. The van der Waals surface area contributed by atoms with E-state index in [1.54, 1.807) is 7.11 Å². The van der Waals surface area contributed by atoms with Crippen LogP contribution in [-0.4, -0.2) is 17.8 Å². The van der Waals surface area contributed by atoms with Crippen molar-refractivity contribution < 1.29 is 4.74 Å². The number of hydrogen-bond donors (Lipinski definition) is 0.